The van der Waals surface area contributed by atoms with Crippen LogP contribution in [-0.2, 0) is 0 Å². The lowest BCUT2D eigenvalue weighted by Crippen LogP contribution is -1.71. The number of hydrogen-bond acceptors (Lipinski definition) is 1. The molecule has 1 N–H and O–H groups in total. The number of allylic oxidation sites excluding steroid dienone is 1. The van der Waals surface area contributed by atoms with Crippen molar-refractivity contribution in [3.8, 4) is 5.75 Å². The van der Waals surface area contributed by atoms with Gasteiger partial charge in [-0.15, -0.1) is 0 Å². The van der Waals surface area contributed by atoms with Crippen molar-refractivity contribution in [3.05, 3.63) is 35.9 Å². The molecule has 0 saturated heterocycles. The maximum absolute atomic E-state index is 9.00. The van der Waals surface area contributed by atoms with Crippen LogP contribution in [0.5, 0.6) is 5.75 Å². The standard InChI is InChI=1S/C10H11BrO/c11-8-2-1-3-9-4-6-10(12)7-5-9/h1,3-7,12H,2,8H2. The van der Waals surface area contributed by atoms with Crippen LogP contribution in [0.15, 0.2) is 30.3 Å². The maximum atomic E-state index is 9.00. The zero-order valence-corrected chi connectivity index (χ0v) is 8.29. The van der Waals surface area contributed by atoms with Gasteiger partial charge in [0, 0.05) is 5.33 Å². The summed E-state index contributed by atoms with van der Waals surface area (Å²) < 4.78 is 0. The Morgan fingerprint density at radius 2 is 1.92 bits per heavy atom. The molecule has 0 radical (unpaired) electrons. The predicted octanol–water partition coefficient (Wildman–Crippen LogP) is 3.19. The van der Waals surface area contributed by atoms with Crippen molar-refractivity contribution < 1.29 is 5.11 Å². The summed E-state index contributed by atoms with van der Waals surface area (Å²) >= 11 is 3.34. The van der Waals surface area contributed by atoms with Crippen LogP contribution in [-0.4, -0.2) is 10.4 Å². The fourth-order valence-electron chi connectivity index (χ4n) is 0.868. The van der Waals surface area contributed by atoms with Crippen LogP contribution in [0, 0.1) is 0 Å². The smallest absolute Gasteiger partial charge is 0.115 e. The zero-order chi connectivity index (χ0) is 8.81. The van der Waals surface area contributed by atoms with Gasteiger partial charge in [-0.2, -0.15) is 0 Å². The molecular weight excluding hydrogens is 216 g/mol. The highest BCUT2D eigenvalue weighted by molar-refractivity contribution is 9.09. The van der Waals surface area contributed by atoms with E-state index < -0.39 is 0 Å². The molecule has 1 rings (SSSR count). The zero-order valence-electron chi connectivity index (χ0n) is 6.70. The second kappa shape index (κ2) is 4.99. The highest BCUT2D eigenvalue weighted by Crippen LogP contribution is 2.10. The van der Waals surface area contributed by atoms with E-state index in [-0.39, 0.29) is 0 Å². The van der Waals surface area contributed by atoms with Crippen LogP contribution in [0.1, 0.15) is 12.0 Å². The van der Waals surface area contributed by atoms with Gasteiger partial charge in [0.25, 0.3) is 0 Å². The molecule has 1 aromatic rings. The molecule has 0 aromatic heterocycles. The number of phenols is 1. The van der Waals surface area contributed by atoms with Crippen LogP contribution in [0.3, 0.4) is 0 Å². The van der Waals surface area contributed by atoms with Gasteiger partial charge in [0.1, 0.15) is 5.75 Å². The van der Waals surface area contributed by atoms with Crippen molar-refractivity contribution in [2.45, 2.75) is 6.42 Å². The highest BCUT2D eigenvalue weighted by Gasteiger charge is 1.86. The molecule has 0 aliphatic carbocycles. The Kier molecular flexibility index (Phi) is 3.88. The highest BCUT2D eigenvalue weighted by atomic mass is 79.9. The summed E-state index contributed by atoms with van der Waals surface area (Å²) in [5.74, 6) is 0.313. The first kappa shape index (κ1) is 9.33. The molecule has 64 valence electrons. The maximum Gasteiger partial charge on any atom is 0.115 e. The Bertz CT molecular complexity index is 251. The second-order valence-corrected chi connectivity index (χ2v) is 3.26. The van der Waals surface area contributed by atoms with Crippen LogP contribution in [0.2, 0.25) is 0 Å². The van der Waals surface area contributed by atoms with Gasteiger partial charge in [0.2, 0.25) is 0 Å². The van der Waals surface area contributed by atoms with Crippen LogP contribution >= 0.6 is 15.9 Å². The van der Waals surface area contributed by atoms with Gasteiger partial charge in [-0.05, 0) is 24.1 Å². The predicted molar refractivity (Wildman–Crippen MR) is 55.6 cm³/mol. The third-order valence-corrected chi connectivity index (χ3v) is 1.94. The molecule has 0 amide bonds. The number of aromatic hydroxyl groups is 1. The molecule has 0 atom stereocenters. The lowest BCUT2D eigenvalue weighted by atomic mass is 10.2. The van der Waals surface area contributed by atoms with Gasteiger partial charge >= 0.3 is 0 Å². The minimum Gasteiger partial charge on any atom is -0.508 e. The quantitative estimate of drug-likeness (QED) is 0.786. The second-order valence-electron chi connectivity index (χ2n) is 2.47. The molecule has 0 aliphatic heterocycles. The first-order valence-corrected chi connectivity index (χ1v) is 4.96. The number of benzene rings is 1. The minimum absolute atomic E-state index is 0.313. The molecule has 2 heteroatoms. The molecule has 0 spiro atoms. The largest absolute Gasteiger partial charge is 0.508 e. The molecular formula is C10H11BrO. The monoisotopic (exact) mass is 226 g/mol. The van der Waals surface area contributed by atoms with E-state index in [1.165, 1.54) is 0 Å². The van der Waals surface area contributed by atoms with E-state index >= 15 is 0 Å². The SMILES string of the molecule is Oc1ccc(C=CCCBr)cc1. The Balaban J connectivity index is 2.58. The van der Waals surface area contributed by atoms with Crippen molar-refractivity contribution in [3.63, 3.8) is 0 Å². The first-order chi connectivity index (χ1) is 5.83. The summed E-state index contributed by atoms with van der Waals surface area (Å²) in [5.41, 5.74) is 1.12. The number of hydrogen-bond donors (Lipinski definition) is 1. The lowest BCUT2D eigenvalue weighted by molar-refractivity contribution is 0.475. The molecule has 0 heterocycles. The number of phenolic OH excluding ortho intramolecular Hbond substituents is 1. The molecule has 0 unspecified atom stereocenters. The van der Waals surface area contributed by atoms with Gasteiger partial charge in [0.15, 0.2) is 0 Å². The van der Waals surface area contributed by atoms with Gasteiger partial charge < -0.3 is 5.11 Å². The van der Waals surface area contributed by atoms with Crippen molar-refractivity contribution in [2.75, 3.05) is 5.33 Å². The molecule has 0 saturated carbocycles. The average molecular weight is 227 g/mol. The Morgan fingerprint density at radius 1 is 1.25 bits per heavy atom. The number of rotatable bonds is 3. The van der Waals surface area contributed by atoms with Crippen molar-refractivity contribution in [1.82, 2.24) is 0 Å². The van der Waals surface area contributed by atoms with Gasteiger partial charge in [-0.1, -0.05) is 40.2 Å². The van der Waals surface area contributed by atoms with E-state index in [0.717, 1.165) is 17.3 Å². The Labute approximate surface area is 80.9 Å². The van der Waals surface area contributed by atoms with E-state index in [1.54, 1.807) is 12.1 Å². The third-order valence-electron chi connectivity index (χ3n) is 1.48. The molecule has 0 fully saturated rings. The van der Waals surface area contributed by atoms with Crippen molar-refractivity contribution >= 4 is 22.0 Å². The normalized spacial score (nSPS) is 10.8. The van der Waals surface area contributed by atoms with Crippen molar-refractivity contribution in [1.29, 1.82) is 0 Å². The Morgan fingerprint density at radius 3 is 2.50 bits per heavy atom. The molecule has 0 bridgehead atoms. The fraction of sp³-hybridized carbons (Fsp3) is 0.200. The van der Waals surface area contributed by atoms with Crippen LogP contribution in [0.4, 0.5) is 0 Å². The van der Waals surface area contributed by atoms with E-state index in [0.29, 0.717) is 5.75 Å². The number of alkyl halides is 1. The third kappa shape index (κ3) is 3.09. The summed E-state index contributed by atoms with van der Waals surface area (Å²) in [5, 5.41) is 9.98. The topological polar surface area (TPSA) is 20.2 Å². The van der Waals surface area contributed by atoms with Gasteiger partial charge in [-0.25, -0.2) is 0 Å². The summed E-state index contributed by atoms with van der Waals surface area (Å²) in [6.45, 7) is 0. The van der Waals surface area contributed by atoms with E-state index in [9.17, 15) is 0 Å². The Hall–Kier alpha value is -0.760. The summed E-state index contributed by atoms with van der Waals surface area (Å²) in [6.07, 6.45) is 5.17. The van der Waals surface area contributed by atoms with E-state index in [1.807, 2.05) is 18.2 Å². The molecule has 1 nitrogen and oxygen atoms in total. The van der Waals surface area contributed by atoms with Crippen LogP contribution in [0.25, 0.3) is 6.08 Å². The average Bonchev–Trinajstić information content (AvgIpc) is 2.09. The van der Waals surface area contributed by atoms with Crippen molar-refractivity contribution in [2.24, 2.45) is 0 Å². The molecule has 0 aliphatic rings. The summed E-state index contributed by atoms with van der Waals surface area (Å²) in [6, 6.07) is 7.15. The van der Waals surface area contributed by atoms with Gasteiger partial charge in [0.05, 0.1) is 0 Å². The van der Waals surface area contributed by atoms with E-state index in [2.05, 4.69) is 22.0 Å². The van der Waals surface area contributed by atoms with E-state index in [4.69, 9.17) is 5.11 Å². The first-order valence-electron chi connectivity index (χ1n) is 3.84. The summed E-state index contributed by atoms with van der Waals surface area (Å²) in [7, 11) is 0. The summed E-state index contributed by atoms with van der Waals surface area (Å²) in [4.78, 5) is 0. The number of halogens is 1. The van der Waals surface area contributed by atoms with Crippen LogP contribution < -0.4 is 0 Å². The minimum atomic E-state index is 0.313. The van der Waals surface area contributed by atoms with Gasteiger partial charge in [-0.3, -0.25) is 0 Å². The fourth-order valence-corrected chi connectivity index (χ4v) is 1.13. The molecule has 12 heavy (non-hydrogen) atoms. The lowest BCUT2D eigenvalue weighted by Gasteiger charge is -1.93. The molecule has 1 aromatic carbocycles.